The predicted molar refractivity (Wildman–Crippen MR) is 52.9 cm³/mol. The number of ether oxygens (including phenoxy) is 1. The highest BCUT2D eigenvalue weighted by Crippen LogP contribution is 2.24. The summed E-state index contributed by atoms with van der Waals surface area (Å²) in [7, 11) is -0.749. The van der Waals surface area contributed by atoms with Gasteiger partial charge in [0.25, 0.3) is 0 Å². The van der Waals surface area contributed by atoms with Gasteiger partial charge in [-0.1, -0.05) is 6.55 Å². The average Bonchev–Trinajstić information content (AvgIpc) is 2.45. The molecule has 2 nitrogen and oxygen atoms in total. The molecule has 0 fully saturated rings. The van der Waals surface area contributed by atoms with Crippen molar-refractivity contribution in [2.24, 2.45) is 0 Å². The van der Waals surface area contributed by atoms with Crippen LogP contribution in [-0.4, -0.2) is 21.3 Å². The standard InChI is InChI=1S/C9H9F3NOSi/c1-15-5-13-7-3-2-6(4-8(7)15)14-9(10,11)12/h2-4,13H,5H2,1H3. The first-order chi connectivity index (χ1) is 6.96. The molecule has 0 amide bonds. The minimum absolute atomic E-state index is 0.130. The summed E-state index contributed by atoms with van der Waals surface area (Å²) in [6, 6.07) is 4.45. The van der Waals surface area contributed by atoms with Crippen LogP contribution < -0.4 is 15.2 Å². The molecule has 0 spiro atoms. The van der Waals surface area contributed by atoms with Gasteiger partial charge in [0.1, 0.15) is 14.5 Å². The lowest BCUT2D eigenvalue weighted by molar-refractivity contribution is -0.274. The second-order valence-electron chi connectivity index (χ2n) is 3.39. The molecule has 1 aliphatic heterocycles. The minimum Gasteiger partial charge on any atom is -0.406 e. The zero-order chi connectivity index (χ0) is 11.1. The first kappa shape index (κ1) is 10.3. The Kier molecular flexibility index (Phi) is 2.38. The molecule has 1 heterocycles. The number of hydrogen-bond donors (Lipinski definition) is 1. The molecule has 1 radical (unpaired) electrons. The van der Waals surface area contributed by atoms with E-state index in [-0.39, 0.29) is 5.75 Å². The zero-order valence-electron chi connectivity index (χ0n) is 7.98. The highest BCUT2D eigenvalue weighted by atomic mass is 28.3. The molecular formula is C9H9F3NOSi. The van der Waals surface area contributed by atoms with E-state index in [9.17, 15) is 13.2 Å². The van der Waals surface area contributed by atoms with Crippen molar-refractivity contribution in [2.75, 3.05) is 11.5 Å². The smallest absolute Gasteiger partial charge is 0.406 e. The van der Waals surface area contributed by atoms with Gasteiger partial charge in [0.05, 0.1) is 0 Å². The fraction of sp³-hybridized carbons (Fsp3) is 0.333. The maximum absolute atomic E-state index is 12.0. The monoisotopic (exact) mass is 232 g/mol. The SMILES string of the molecule is C[Si]1CNc2ccc(OC(F)(F)F)cc21. The lowest BCUT2D eigenvalue weighted by Crippen LogP contribution is -2.26. The lowest BCUT2D eigenvalue weighted by atomic mass is 10.3. The summed E-state index contributed by atoms with van der Waals surface area (Å²) in [6.07, 6.45) is -3.75. The van der Waals surface area contributed by atoms with Crippen LogP contribution in [0.4, 0.5) is 18.9 Å². The molecule has 1 aliphatic rings. The van der Waals surface area contributed by atoms with Gasteiger partial charge in [-0.2, -0.15) is 0 Å². The molecular weight excluding hydrogens is 223 g/mol. The second-order valence-corrected chi connectivity index (χ2v) is 5.84. The molecule has 1 aromatic carbocycles. The second kappa shape index (κ2) is 3.44. The molecule has 81 valence electrons. The van der Waals surface area contributed by atoms with Crippen molar-refractivity contribution in [3.05, 3.63) is 18.2 Å². The fourth-order valence-corrected chi connectivity index (χ4v) is 3.22. The van der Waals surface area contributed by atoms with Crippen LogP contribution in [0.15, 0.2) is 18.2 Å². The number of anilines is 1. The van der Waals surface area contributed by atoms with E-state index in [4.69, 9.17) is 0 Å². The Morgan fingerprint density at radius 3 is 2.80 bits per heavy atom. The maximum Gasteiger partial charge on any atom is 0.573 e. The zero-order valence-corrected chi connectivity index (χ0v) is 8.98. The molecule has 15 heavy (non-hydrogen) atoms. The summed E-state index contributed by atoms with van der Waals surface area (Å²) in [5.41, 5.74) is 0.931. The number of rotatable bonds is 1. The normalized spacial score (nSPS) is 16.0. The number of alkyl halides is 3. The van der Waals surface area contributed by atoms with Gasteiger partial charge in [-0.3, -0.25) is 0 Å². The Morgan fingerprint density at radius 2 is 2.13 bits per heavy atom. The van der Waals surface area contributed by atoms with Crippen molar-refractivity contribution in [1.29, 1.82) is 0 Å². The number of benzene rings is 1. The quantitative estimate of drug-likeness (QED) is 0.746. The van der Waals surface area contributed by atoms with Crippen LogP contribution in [0.3, 0.4) is 0 Å². The maximum atomic E-state index is 12.0. The van der Waals surface area contributed by atoms with Gasteiger partial charge >= 0.3 is 6.36 Å². The van der Waals surface area contributed by atoms with Crippen LogP contribution in [0.1, 0.15) is 0 Å². The molecule has 1 aromatic rings. The molecule has 2 rings (SSSR count). The molecule has 6 heteroatoms. The van der Waals surface area contributed by atoms with Crippen LogP contribution in [-0.2, 0) is 0 Å². The van der Waals surface area contributed by atoms with Crippen molar-refractivity contribution in [3.8, 4) is 5.75 Å². The third-order valence-electron chi connectivity index (χ3n) is 2.23. The van der Waals surface area contributed by atoms with E-state index < -0.39 is 15.2 Å². The topological polar surface area (TPSA) is 21.3 Å². The lowest BCUT2D eigenvalue weighted by Gasteiger charge is -2.10. The van der Waals surface area contributed by atoms with Crippen molar-refractivity contribution in [1.82, 2.24) is 0 Å². The highest BCUT2D eigenvalue weighted by Gasteiger charge is 2.32. The summed E-state index contributed by atoms with van der Waals surface area (Å²) in [5.74, 6) is -0.130. The van der Waals surface area contributed by atoms with E-state index >= 15 is 0 Å². The van der Waals surface area contributed by atoms with Gasteiger partial charge in [-0.25, -0.2) is 0 Å². The van der Waals surface area contributed by atoms with Crippen LogP contribution >= 0.6 is 0 Å². The molecule has 0 aliphatic carbocycles. The summed E-state index contributed by atoms with van der Waals surface area (Å²) in [5, 5.41) is 4.12. The Bertz CT molecular complexity index is 380. The molecule has 0 atom stereocenters. The van der Waals surface area contributed by atoms with Crippen molar-refractivity contribution < 1.29 is 17.9 Å². The molecule has 0 bridgehead atoms. The van der Waals surface area contributed by atoms with Crippen molar-refractivity contribution in [3.63, 3.8) is 0 Å². The number of nitrogens with one attached hydrogen (secondary N) is 1. The Balaban J connectivity index is 2.26. The fourth-order valence-electron chi connectivity index (χ4n) is 1.55. The summed E-state index contributed by atoms with van der Waals surface area (Å²) in [4.78, 5) is 0. The highest BCUT2D eigenvalue weighted by molar-refractivity contribution is 6.75. The van der Waals surface area contributed by atoms with E-state index in [1.807, 2.05) is 0 Å². The van der Waals surface area contributed by atoms with Gasteiger partial charge in [0, 0.05) is 11.9 Å². The number of hydrogen-bond acceptors (Lipinski definition) is 2. The Morgan fingerprint density at radius 1 is 1.40 bits per heavy atom. The van der Waals surface area contributed by atoms with Gasteiger partial charge in [0.2, 0.25) is 0 Å². The number of halogens is 3. The summed E-state index contributed by atoms with van der Waals surface area (Å²) < 4.78 is 39.7. The largest absolute Gasteiger partial charge is 0.573 e. The average molecular weight is 232 g/mol. The van der Waals surface area contributed by atoms with Crippen LogP contribution in [0.25, 0.3) is 0 Å². The van der Waals surface area contributed by atoms with E-state index in [2.05, 4.69) is 16.6 Å². The van der Waals surface area contributed by atoms with E-state index in [0.29, 0.717) is 0 Å². The van der Waals surface area contributed by atoms with Gasteiger partial charge in [-0.15, -0.1) is 13.2 Å². The van der Waals surface area contributed by atoms with Gasteiger partial charge in [0.15, 0.2) is 0 Å². The van der Waals surface area contributed by atoms with E-state index in [0.717, 1.165) is 17.0 Å². The van der Waals surface area contributed by atoms with E-state index in [1.54, 1.807) is 6.07 Å². The third kappa shape index (κ3) is 2.25. The van der Waals surface area contributed by atoms with E-state index in [1.165, 1.54) is 12.1 Å². The Hall–Kier alpha value is -1.17. The predicted octanol–water partition coefficient (Wildman–Crippen LogP) is 1.88. The first-order valence-corrected chi connectivity index (χ1v) is 6.63. The summed E-state index contributed by atoms with van der Waals surface area (Å²) in [6.45, 7) is 2.06. The van der Waals surface area contributed by atoms with Gasteiger partial charge in [-0.05, 0) is 23.4 Å². The molecule has 1 N–H and O–H groups in total. The van der Waals surface area contributed by atoms with Crippen molar-refractivity contribution >= 4 is 19.7 Å². The Labute approximate surface area is 86.7 Å². The molecule has 0 saturated carbocycles. The van der Waals surface area contributed by atoms with Crippen molar-refractivity contribution in [2.45, 2.75) is 12.9 Å². The first-order valence-electron chi connectivity index (χ1n) is 4.42. The van der Waals surface area contributed by atoms with Crippen LogP contribution in [0, 0.1) is 0 Å². The summed E-state index contributed by atoms with van der Waals surface area (Å²) >= 11 is 0. The molecule has 0 saturated heterocycles. The molecule has 0 aromatic heterocycles. The molecule has 0 unspecified atom stereocenters. The minimum atomic E-state index is -4.61. The number of fused-ring (bicyclic) bond motifs is 1. The van der Waals surface area contributed by atoms with Crippen LogP contribution in [0.2, 0.25) is 6.55 Å². The van der Waals surface area contributed by atoms with Gasteiger partial charge < -0.3 is 10.1 Å². The third-order valence-corrected chi connectivity index (χ3v) is 4.27. The van der Waals surface area contributed by atoms with Crippen LogP contribution in [0.5, 0.6) is 5.75 Å².